The second kappa shape index (κ2) is 8.34. The highest BCUT2D eigenvalue weighted by atomic mass is 19.1. The van der Waals surface area contributed by atoms with Crippen LogP contribution in [-0.2, 0) is 9.59 Å². The molecule has 0 radical (unpaired) electrons. The van der Waals surface area contributed by atoms with Gasteiger partial charge >= 0.3 is 0 Å². The number of aromatic nitrogens is 2. The van der Waals surface area contributed by atoms with Crippen molar-refractivity contribution >= 4 is 29.1 Å². The van der Waals surface area contributed by atoms with Crippen molar-refractivity contribution < 1.29 is 18.8 Å². The zero-order valence-electron chi connectivity index (χ0n) is 17.4. The minimum Gasteiger partial charge on any atom is -0.322 e. The van der Waals surface area contributed by atoms with Crippen LogP contribution >= 0.6 is 0 Å². The third-order valence-electron chi connectivity index (χ3n) is 5.88. The summed E-state index contributed by atoms with van der Waals surface area (Å²) in [5.41, 5.74) is 3.89. The van der Waals surface area contributed by atoms with Crippen molar-refractivity contribution in [1.29, 1.82) is 0 Å². The molecule has 9 heteroatoms. The van der Waals surface area contributed by atoms with E-state index in [2.05, 4.69) is 15.7 Å². The summed E-state index contributed by atoms with van der Waals surface area (Å²) in [5.74, 6) is -2.20. The fourth-order valence-electron chi connectivity index (χ4n) is 4.17. The molecule has 2 unspecified atom stereocenters. The standard InChI is InChI=1S/C24H20FN5O3/c25-20-13-16(8-9-21(20)29-11-10-26-14-29)27-22(31)15-4-3-5-17(12-15)30-24(33)19-7-2-1-6-18(19)23(32)28-30/h1-5,8-14,18-19H,6-7H2,(H,27,31)(H,28,32). The van der Waals surface area contributed by atoms with Crippen LogP contribution in [0.5, 0.6) is 0 Å². The molecule has 1 aliphatic carbocycles. The van der Waals surface area contributed by atoms with E-state index < -0.39 is 17.6 Å². The molecule has 33 heavy (non-hydrogen) atoms. The average Bonchev–Trinajstić information content (AvgIpc) is 3.36. The number of anilines is 2. The van der Waals surface area contributed by atoms with E-state index in [4.69, 9.17) is 0 Å². The monoisotopic (exact) mass is 445 g/mol. The number of hydrazine groups is 1. The minimum absolute atomic E-state index is 0.210. The van der Waals surface area contributed by atoms with Crippen LogP contribution in [0.4, 0.5) is 15.8 Å². The first-order valence-corrected chi connectivity index (χ1v) is 10.5. The van der Waals surface area contributed by atoms with Gasteiger partial charge in [0, 0.05) is 23.6 Å². The number of halogens is 1. The molecule has 2 aliphatic rings. The molecule has 0 bridgehead atoms. The molecule has 0 saturated carbocycles. The number of allylic oxidation sites excluding steroid dienone is 2. The quantitative estimate of drug-likeness (QED) is 0.603. The second-order valence-electron chi connectivity index (χ2n) is 7.95. The number of hydrogen-bond acceptors (Lipinski definition) is 4. The van der Waals surface area contributed by atoms with Gasteiger partial charge in [0.15, 0.2) is 0 Å². The summed E-state index contributed by atoms with van der Waals surface area (Å²) in [6, 6.07) is 10.7. The normalized spacial score (nSPS) is 19.7. The van der Waals surface area contributed by atoms with Crippen LogP contribution in [0, 0.1) is 17.7 Å². The highest BCUT2D eigenvalue weighted by molar-refractivity contribution is 6.07. The molecule has 3 aromatic rings. The lowest BCUT2D eigenvalue weighted by molar-refractivity contribution is -0.139. The number of fused-ring (bicyclic) bond motifs is 1. The Labute approximate surface area is 188 Å². The number of rotatable bonds is 4. The topological polar surface area (TPSA) is 96.3 Å². The van der Waals surface area contributed by atoms with Crippen LogP contribution in [0.25, 0.3) is 5.69 Å². The van der Waals surface area contributed by atoms with Gasteiger partial charge in [0.2, 0.25) is 11.8 Å². The van der Waals surface area contributed by atoms with Crippen molar-refractivity contribution in [2.75, 3.05) is 10.3 Å². The van der Waals surface area contributed by atoms with Crippen LogP contribution in [0.2, 0.25) is 0 Å². The molecular weight excluding hydrogens is 425 g/mol. The Morgan fingerprint density at radius 1 is 1.09 bits per heavy atom. The third kappa shape index (κ3) is 3.89. The summed E-state index contributed by atoms with van der Waals surface area (Å²) < 4.78 is 16.0. The lowest BCUT2D eigenvalue weighted by Crippen LogP contribution is -2.59. The molecule has 8 nitrogen and oxygen atoms in total. The Morgan fingerprint density at radius 2 is 1.91 bits per heavy atom. The lowest BCUT2D eigenvalue weighted by atomic mass is 9.80. The molecule has 3 amide bonds. The highest BCUT2D eigenvalue weighted by Crippen LogP contribution is 2.32. The van der Waals surface area contributed by atoms with Crippen molar-refractivity contribution in [2.24, 2.45) is 11.8 Å². The molecule has 166 valence electrons. The van der Waals surface area contributed by atoms with E-state index in [0.717, 1.165) is 0 Å². The Balaban J connectivity index is 1.34. The number of nitrogens with one attached hydrogen (secondary N) is 2. The molecule has 2 aromatic carbocycles. The van der Waals surface area contributed by atoms with Crippen LogP contribution in [0.3, 0.4) is 0 Å². The number of amides is 3. The van der Waals surface area contributed by atoms with Crippen LogP contribution in [0.15, 0.2) is 73.3 Å². The molecular formula is C24H20FN5O3. The van der Waals surface area contributed by atoms with Gasteiger partial charge in [-0.15, -0.1) is 0 Å². The number of carbonyl (C=O) groups excluding carboxylic acids is 3. The van der Waals surface area contributed by atoms with Gasteiger partial charge in [0.25, 0.3) is 5.91 Å². The largest absolute Gasteiger partial charge is 0.322 e. The molecule has 1 aliphatic heterocycles. The smallest absolute Gasteiger partial charge is 0.255 e. The average molecular weight is 445 g/mol. The highest BCUT2D eigenvalue weighted by Gasteiger charge is 2.42. The molecule has 2 N–H and O–H groups in total. The van der Waals surface area contributed by atoms with Crippen molar-refractivity contribution in [3.63, 3.8) is 0 Å². The van der Waals surface area contributed by atoms with E-state index in [0.29, 0.717) is 24.2 Å². The Kier molecular flexibility index (Phi) is 5.21. The van der Waals surface area contributed by atoms with Crippen molar-refractivity contribution in [1.82, 2.24) is 15.0 Å². The molecule has 2 heterocycles. The first kappa shape index (κ1) is 20.6. The first-order chi connectivity index (χ1) is 16.0. The Morgan fingerprint density at radius 3 is 2.67 bits per heavy atom. The molecule has 2 atom stereocenters. The summed E-state index contributed by atoms with van der Waals surface area (Å²) in [7, 11) is 0. The number of imidazole rings is 1. The van der Waals surface area contributed by atoms with Gasteiger partial charge in [-0.05, 0) is 49.2 Å². The van der Waals surface area contributed by atoms with E-state index in [9.17, 15) is 18.8 Å². The van der Waals surface area contributed by atoms with Gasteiger partial charge in [0.05, 0.1) is 29.5 Å². The molecule has 1 fully saturated rings. The minimum atomic E-state index is -0.516. The summed E-state index contributed by atoms with van der Waals surface area (Å²) in [6.45, 7) is 0. The fraction of sp³-hybridized carbons (Fsp3) is 0.167. The van der Waals surface area contributed by atoms with E-state index >= 15 is 0 Å². The zero-order valence-corrected chi connectivity index (χ0v) is 17.4. The first-order valence-electron chi connectivity index (χ1n) is 10.5. The molecule has 5 rings (SSSR count). The van der Waals surface area contributed by atoms with E-state index in [1.807, 2.05) is 12.2 Å². The van der Waals surface area contributed by atoms with Gasteiger partial charge in [-0.25, -0.2) is 14.4 Å². The predicted molar refractivity (Wildman–Crippen MR) is 119 cm³/mol. The number of hydrogen-bond donors (Lipinski definition) is 2. The van der Waals surface area contributed by atoms with E-state index in [1.165, 1.54) is 28.0 Å². The maximum atomic E-state index is 14.5. The molecule has 0 spiro atoms. The number of carbonyl (C=O) groups is 3. The number of benzene rings is 2. The van der Waals surface area contributed by atoms with Crippen LogP contribution in [-0.4, -0.2) is 27.3 Å². The van der Waals surface area contributed by atoms with Crippen molar-refractivity contribution in [2.45, 2.75) is 12.8 Å². The molecule has 1 aromatic heterocycles. The van der Waals surface area contributed by atoms with Gasteiger partial charge < -0.3 is 9.88 Å². The van der Waals surface area contributed by atoms with Crippen molar-refractivity contribution in [3.8, 4) is 5.69 Å². The summed E-state index contributed by atoms with van der Waals surface area (Å²) in [5, 5.41) is 3.87. The Bertz CT molecular complexity index is 1270. The van der Waals surface area contributed by atoms with Gasteiger partial charge in [-0.2, -0.15) is 0 Å². The lowest BCUT2D eigenvalue weighted by Gasteiger charge is -2.38. The SMILES string of the molecule is O=C(Nc1ccc(-n2ccnc2)c(F)c1)c1cccc(N2NC(=O)C3CC=CCC3C2=O)c1. The van der Waals surface area contributed by atoms with Gasteiger partial charge in [-0.3, -0.25) is 19.8 Å². The summed E-state index contributed by atoms with van der Waals surface area (Å²) >= 11 is 0. The summed E-state index contributed by atoms with van der Waals surface area (Å²) in [6.07, 6.45) is 9.52. The van der Waals surface area contributed by atoms with Crippen molar-refractivity contribution in [3.05, 3.63) is 84.7 Å². The number of nitrogens with zero attached hydrogens (tertiary/aromatic N) is 3. The summed E-state index contributed by atoms with van der Waals surface area (Å²) in [4.78, 5) is 42.2. The van der Waals surface area contributed by atoms with E-state index in [-0.39, 0.29) is 29.0 Å². The van der Waals surface area contributed by atoms with Gasteiger partial charge in [-0.1, -0.05) is 18.2 Å². The maximum Gasteiger partial charge on any atom is 0.255 e. The zero-order chi connectivity index (χ0) is 22.9. The second-order valence-corrected chi connectivity index (χ2v) is 7.95. The fourth-order valence-corrected chi connectivity index (χ4v) is 4.17. The van der Waals surface area contributed by atoms with E-state index in [1.54, 1.807) is 42.7 Å². The van der Waals surface area contributed by atoms with Gasteiger partial charge in [0.1, 0.15) is 5.82 Å². The molecule has 1 saturated heterocycles. The van der Waals surface area contributed by atoms with Crippen LogP contribution in [0.1, 0.15) is 23.2 Å². The Hall–Kier alpha value is -4.27. The predicted octanol–water partition coefficient (Wildman–Crippen LogP) is 3.22. The third-order valence-corrected chi connectivity index (χ3v) is 5.88. The van der Waals surface area contributed by atoms with Crippen LogP contribution < -0.4 is 15.8 Å². The maximum absolute atomic E-state index is 14.5.